The summed E-state index contributed by atoms with van der Waals surface area (Å²) in [6.45, 7) is 2.73. The van der Waals surface area contributed by atoms with E-state index in [2.05, 4.69) is 10.3 Å². The van der Waals surface area contributed by atoms with Crippen LogP contribution in [0.3, 0.4) is 0 Å². The Morgan fingerprint density at radius 3 is 2.81 bits per heavy atom. The Labute approximate surface area is 185 Å². The number of hydrogen-bond acceptors (Lipinski definition) is 5. The maximum absolute atomic E-state index is 12.5. The third-order valence-electron chi connectivity index (χ3n) is 5.14. The molecule has 31 heavy (non-hydrogen) atoms. The average Bonchev–Trinajstić information content (AvgIpc) is 3.41. The first-order valence-corrected chi connectivity index (χ1v) is 11.1. The first-order chi connectivity index (χ1) is 15.1. The fraction of sp³-hybridized carbons (Fsp3) is 0.261. The van der Waals surface area contributed by atoms with Crippen molar-refractivity contribution in [1.82, 2.24) is 9.55 Å². The number of amides is 2. The number of nitrogens with one attached hydrogen (secondary N) is 1. The standard InChI is InChI=1S/C23H24N4O3S/c1-16-6-3-4-7-18(16)27-13-11-24-23(27)31-15-21(28)25-17-9-10-19(20(14-17)30-2)26-12-5-8-22(26)29/h3-4,6-7,9-11,13-14H,5,8,12,15H2,1-2H3,(H,25,28). The molecule has 7 nitrogen and oxygen atoms in total. The molecular formula is C23H24N4O3S. The number of methoxy groups -OCH3 is 1. The molecule has 0 atom stereocenters. The molecule has 0 spiro atoms. The molecule has 160 valence electrons. The second-order valence-corrected chi connectivity index (χ2v) is 8.18. The van der Waals surface area contributed by atoms with Crippen molar-refractivity contribution >= 4 is 35.0 Å². The molecular weight excluding hydrogens is 412 g/mol. The summed E-state index contributed by atoms with van der Waals surface area (Å²) >= 11 is 1.37. The first kappa shape index (κ1) is 21.0. The van der Waals surface area contributed by atoms with Gasteiger partial charge in [-0.2, -0.15) is 0 Å². The number of anilines is 2. The molecule has 1 aromatic heterocycles. The van der Waals surface area contributed by atoms with Crippen LogP contribution in [0, 0.1) is 6.92 Å². The number of para-hydroxylation sites is 1. The molecule has 0 unspecified atom stereocenters. The van der Waals surface area contributed by atoms with Gasteiger partial charge in [-0.05, 0) is 37.1 Å². The van der Waals surface area contributed by atoms with Crippen LogP contribution in [0.25, 0.3) is 5.69 Å². The van der Waals surface area contributed by atoms with Crippen LogP contribution in [0.5, 0.6) is 5.75 Å². The minimum absolute atomic E-state index is 0.0932. The normalized spacial score (nSPS) is 13.5. The zero-order valence-electron chi connectivity index (χ0n) is 17.5. The van der Waals surface area contributed by atoms with Gasteiger partial charge in [0.1, 0.15) is 5.75 Å². The van der Waals surface area contributed by atoms with Gasteiger partial charge < -0.3 is 15.0 Å². The maximum Gasteiger partial charge on any atom is 0.234 e. The summed E-state index contributed by atoms with van der Waals surface area (Å²) in [5.74, 6) is 0.736. The Morgan fingerprint density at radius 1 is 1.23 bits per heavy atom. The molecule has 1 aliphatic heterocycles. The predicted octanol–water partition coefficient (Wildman–Crippen LogP) is 4.05. The molecule has 1 aliphatic rings. The van der Waals surface area contributed by atoms with Crippen molar-refractivity contribution in [2.24, 2.45) is 0 Å². The van der Waals surface area contributed by atoms with Crippen molar-refractivity contribution in [3.8, 4) is 11.4 Å². The zero-order valence-corrected chi connectivity index (χ0v) is 18.3. The molecule has 1 saturated heterocycles. The monoisotopic (exact) mass is 436 g/mol. The van der Waals surface area contributed by atoms with Gasteiger partial charge >= 0.3 is 0 Å². The summed E-state index contributed by atoms with van der Waals surface area (Å²) in [7, 11) is 1.56. The molecule has 0 saturated carbocycles. The number of nitrogens with zero attached hydrogens (tertiary/aromatic N) is 3. The van der Waals surface area contributed by atoms with Crippen molar-refractivity contribution in [2.75, 3.05) is 29.6 Å². The Hall–Kier alpha value is -3.26. The molecule has 2 amide bonds. The van der Waals surface area contributed by atoms with E-state index in [0.29, 0.717) is 24.4 Å². The zero-order chi connectivity index (χ0) is 21.8. The molecule has 3 aromatic rings. The number of carbonyl (C=O) groups is 2. The molecule has 2 heterocycles. The van der Waals surface area contributed by atoms with Crippen LogP contribution in [-0.2, 0) is 9.59 Å². The topological polar surface area (TPSA) is 76.5 Å². The van der Waals surface area contributed by atoms with Crippen LogP contribution >= 0.6 is 11.8 Å². The minimum Gasteiger partial charge on any atom is -0.494 e. The summed E-state index contributed by atoms with van der Waals surface area (Å²) in [6, 6.07) is 13.4. The van der Waals surface area contributed by atoms with E-state index in [9.17, 15) is 9.59 Å². The summed E-state index contributed by atoms with van der Waals surface area (Å²) < 4.78 is 7.44. The number of aryl methyl sites for hydroxylation is 1. The van der Waals surface area contributed by atoms with Gasteiger partial charge in [0, 0.05) is 37.1 Å². The summed E-state index contributed by atoms with van der Waals surface area (Å²) in [5, 5.41) is 3.65. The van der Waals surface area contributed by atoms with E-state index in [1.807, 2.05) is 48.0 Å². The largest absolute Gasteiger partial charge is 0.494 e. The number of ether oxygens (including phenoxy) is 1. The summed E-state index contributed by atoms with van der Waals surface area (Å²) in [4.78, 5) is 30.7. The van der Waals surface area contributed by atoms with Crippen molar-refractivity contribution in [1.29, 1.82) is 0 Å². The van der Waals surface area contributed by atoms with Gasteiger partial charge in [0.2, 0.25) is 11.8 Å². The maximum atomic E-state index is 12.5. The van der Waals surface area contributed by atoms with Crippen LogP contribution in [-0.4, -0.2) is 40.8 Å². The number of thioether (sulfide) groups is 1. The second kappa shape index (κ2) is 9.26. The highest BCUT2D eigenvalue weighted by Gasteiger charge is 2.24. The van der Waals surface area contributed by atoms with Gasteiger partial charge in [-0.25, -0.2) is 4.98 Å². The lowest BCUT2D eigenvalue weighted by atomic mass is 10.2. The van der Waals surface area contributed by atoms with E-state index < -0.39 is 0 Å². The fourth-order valence-electron chi connectivity index (χ4n) is 3.62. The molecule has 0 bridgehead atoms. The molecule has 4 rings (SSSR count). The smallest absolute Gasteiger partial charge is 0.234 e. The summed E-state index contributed by atoms with van der Waals surface area (Å²) in [6.07, 6.45) is 5.02. The van der Waals surface area contributed by atoms with E-state index in [0.717, 1.165) is 28.5 Å². The van der Waals surface area contributed by atoms with Crippen molar-refractivity contribution in [2.45, 2.75) is 24.9 Å². The molecule has 0 radical (unpaired) electrons. The number of hydrogen-bond donors (Lipinski definition) is 1. The number of imidazole rings is 1. The Balaban J connectivity index is 1.42. The van der Waals surface area contributed by atoms with Crippen LogP contribution in [0.2, 0.25) is 0 Å². The van der Waals surface area contributed by atoms with E-state index in [4.69, 9.17) is 4.74 Å². The van der Waals surface area contributed by atoms with E-state index >= 15 is 0 Å². The van der Waals surface area contributed by atoms with E-state index in [1.54, 1.807) is 30.3 Å². The molecule has 8 heteroatoms. The highest BCUT2D eigenvalue weighted by Crippen LogP contribution is 2.34. The number of aromatic nitrogens is 2. The van der Waals surface area contributed by atoms with Gasteiger partial charge in [-0.3, -0.25) is 14.2 Å². The van der Waals surface area contributed by atoms with Gasteiger partial charge in [-0.1, -0.05) is 30.0 Å². The summed E-state index contributed by atoms with van der Waals surface area (Å²) in [5.41, 5.74) is 3.54. The van der Waals surface area contributed by atoms with Crippen LogP contribution in [0.1, 0.15) is 18.4 Å². The third-order valence-corrected chi connectivity index (χ3v) is 6.11. The highest BCUT2D eigenvalue weighted by atomic mass is 32.2. The molecule has 1 N–H and O–H groups in total. The van der Waals surface area contributed by atoms with E-state index in [-0.39, 0.29) is 17.6 Å². The number of benzene rings is 2. The Morgan fingerprint density at radius 2 is 2.06 bits per heavy atom. The van der Waals surface area contributed by atoms with Gasteiger partial charge in [0.25, 0.3) is 0 Å². The fourth-order valence-corrected chi connectivity index (χ4v) is 4.39. The van der Waals surface area contributed by atoms with Gasteiger partial charge in [0.05, 0.1) is 24.2 Å². The Kier molecular flexibility index (Phi) is 6.27. The number of carbonyl (C=O) groups excluding carboxylic acids is 2. The van der Waals surface area contributed by atoms with Crippen LogP contribution in [0.4, 0.5) is 11.4 Å². The lowest BCUT2D eigenvalue weighted by Gasteiger charge is -2.19. The first-order valence-electron chi connectivity index (χ1n) is 10.1. The van der Waals surface area contributed by atoms with Gasteiger partial charge in [-0.15, -0.1) is 0 Å². The molecule has 2 aromatic carbocycles. The van der Waals surface area contributed by atoms with Gasteiger partial charge in [0.15, 0.2) is 5.16 Å². The van der Waals surface area contributed by atoms with Crippen LogP contribution < -0.4 is 15.0 Å². The van der Waals surface area contributed by atoms with Crippen molar-refractivity contribution < 1.29 is 14.3 Å². The SMILES string of the molecule is COc1cc(NC(=O)CSc2nccn2-c2ccccc2C)ccc1N1CCCC1=O. The molecule has 0 aliphatic carbocycles. The number of rotatable bonds is 7. The van der Waals surface area contributed by atoms with E-state index in [1.165, 1.54) is 11.8 Å². The second-order valence-electron chi connectivity index (χ2n) is 7.24. The van der Waals surface area contributed by atoms with Crippen LogP contribution in [0.15, 0.2) is 60.0 Å². The molecule has 1 fully saturated rings. The highest BCUT2D eigenvalue weighted by molar-refractivity contribution is 7.99. The Bertz CT molecular complexity index is 1110. The average molecular weight is 437 g/mol. The minimum atomic E-state index is -0.142. The lowest BCUT2D eigenvalue weighted by Crippen LogP contribution is -2.24. The quantitative estimate of drug-likeness (QED) is 0.566. The van der Waals surface area contributed by atoms with Crippen molar-refractivity contribution in [3.05, 3.63) is 60.4 Å². The predicted molar refractivity (Wildman–Crippen MR) is 122 cm³/mol. The third kappa shape index (κ3) is 4.59. The lowest BCUT2D eigenvalue weighted by molar-refractivity contribution is -0.117. The van der Waals surface area contributed by atoms with Crippen molar-refractivity contribution in [3.63, 3.8) is 0 Å².